The van der Waals surface area contributed by atoms with Crippen molar-refractivity contribution in [3.05, 3.63) is 72.9 Å². The predicted octanol–water partition coefficient (Wildman–Crippen LogP) is 12.6. The molecule has 0 aliphatic rings. The van der Waals surface area contributed by atoms with Crippen molar-refractivity contribution in [2.24, 2.45) is 0 Å². The number of amides is 1. The van der Waals surface area contributed by atoms with E-state index in [1.54, 1.807) is 6.08 Å². The minimum Gasteiger partial charge on any atom is -0.756 e. The van der Waals surface area contributed by atoms with Crippen LogP contribution in [0.4, 0.5) is 0 Å². The SMILES string of the molecule is CC/C=C\C/C=C\C/C=C\CCCCCCCC(=O)NC(COP(=O)([O-])OCC[N+](C)(C)C)C(O)/C=C/CC/C=C/CC/C=C/CCCCCCCCCCCCC. The van der Waals surface area contributed by atoms with Crippen LogP contribution >= 0.6 is 7.82 Å². The molecule has 336 valence electrons. The zero-order valence-electron chi connectivity index (χ0n) is 38.0. The van der Waals surface area contributed by atoms with Crippen LogP contribution < -0.4 is 10.2 Å². The van der Waals surface area contributed by atoms with Gasteiger partial charge in [0, 0.05) is 6.42 Å². The van der Waals surface area contributed by atoms with Gasteiger partial charge >= 0.3 is 0 Å². The molecule has 0 spiro atoms. The summed E-state index contributed by atoms with van der Waals surface area (Å²) in [6.45, 7) is 4.47. The molecule has 8 nitrogen and oxygen atoms in total. The summed E-state index contributed by atoms with van der Waals surface area (Å²) in [5.41, 5.74) is 0. The lowest BCUT2D eigenvalue weighted by Crippen LogP contribution is -2.45. The maximum atomic E-state index is 12.8. The number of aliphatic hydroxyl groups excluding tert-OH is 1. The number of nitrogens with one attached hydrogen (secondary N) is 1. The van der Waals surface area contributed by atoms with Crippen molar-refractivity contribution in [1.29, 1.82) is 0 Å². The van der Waals surface area contributed by atoms with Gasteiger partial charge in [0.2, 0.25) is 5.91 Å². The molecular weight excluding hydrogens is 744 g/mol. The van der Waals surface area contributed by atoms with Crippen LogP contribution in [-0.4, -0.2) is 68.5 Å². The lowest BCUT2D eigenvalue weighted by Gasteiger charge is -2.29. The Morgan fingerprint density at radius 3 is 1.60 bits per heavy atom. The Morgan fingerprint density at radius 1 is 0.621 bits per heavy atom. The van der Waals surface area contributed by atoms with E-state index >= 15 is 0 Å². The molecule has 0 fully saturated rings. The lowest BCUT2D eigenvalue weighted by molar-refractivity contribution is -0.870. The third kappa shape index (κ3) is 42.1. The second-order valence-electron chi connectivity index (χ2n) is 16.7. The topological polar surface area (TPSA) is 108 Å². The largest absolute Gasteiger partial charge is 0.756 e. The summed E-state index contributed by atoms with van der Waals surface area (Å²) in [7, 11) is 1.21. The fourth-order valence-electron chi connectivity index (χ4n) is 6.20. The van der Waals surface area contributed by atoms with Crippen molar-refractivity contribution in [3.8, 4) is 0 Å². The molecule has 0 aromatic heterocycles. The summed E-state index contributed by atoms with van der Waals surface area (Å²) in [4.78, 5) is 25.3. The van der Waals surface area contributed by atoms with Crippen LogP contribution in [0.2, 0.25) is 0 Å². The number of carbonyl (C=O) groups is 1. The Balaban J connectivity index is 4.50. The van der Waals surface area contributed by atoms with Crippen molar-refractivity contribution >= 4 is 13.7 Å². The lowest BCUT2D eigenvalue weighted by atomic mass is 10.1. The zero-order valence-corrected chi connectivity index (χ0v) is 38.9. The highest BCUT2D eigenvalue weighted by atomic mass is 31.2. The molecule has 3 atom stereocenters. The van der Waals surface area contributed by atoms with E-state index in [1.807, 2.05) is 27.2 Å². The molecule has 58 heavy (non-hydrogen) atoms. The molecule has 2 N–H and O–H groups in total. The highest BCUT2D eigenvalue weighted by Gasteiger charge is 2.23. The molecule has 3 unspecified atom stereocenters. The maximum Gasteiger partial charge on any atom is 0.268 e. The molecule has 0 saturated carbocycles. The maximum absolute atomic E-state index is 12.8. The summed E-state index contributed by atoms with van der Waals surface area (Å²) in [6.07, 6.45) is 53.9. The van der Waals surface area contributed by atoms with Crippen molar-refractivity contribution in [2.45, 2.75) is 193 Å². The summed E-state index contributed by atoms with van der Waals surface area (Å²) in [5, 5.41) is 13.8. The number of carbonyl (C=O) groups excluding carboxylic acids is 1. The van der Waals surface area contributed by atoms with Crippen LogP contribution in [0.15, 0.2) is 72.9 Å². The fraction of sp³-hybridized carbons (Fsp3) is 0.735. The van der Waals surface area contributed by atoms with Crippen molar-refractivity contribution in [1.82, 2.24) is 5.32 Å². The first-order valence-electron chi connectivity index (χ1n) is 23.3. The molecule has 0 aromatic rings. The van der Waals surface area contributed by atoms with Gasteiger partial charge in [-0.15, -0.1) is 0 Å². The van der Waals surface area contributed by atoms with Crippen LogP contribution in [-0.2, 0) is 18.4 Å². The van der Waals surface area contributed by atoms with Crippen molar-refractivity contribution < 1.29 is 32.9 Å². The van der Waals surface area contributed by atoms with E-state index < -0.39 is 26.6 Å². The Labute approximate surface area is 357 Å². The fourth-order valence-corrected chi connectivity index (χ4v) is 6.92. The highest BCUT2D eigenvalue weighted by Crippen LogP contribution is 2.38. The smallest absolute Gasteiger partial charge is 0.268 e. The van der Waals surface area contributed by atoms with E-state index in [1.165, 1.54) is 77.0 Å². The van der Waals surface area contributed by atoms with E-state index in [0.29, 0.717) is 17.4 Å². The van der Waals surface area contributed by atoms with E-state index in [-0.39, 0.29) is 12.5 Å². The average molecular weight is 833 g/mol. The molecule has 0 rings (SSSR count). The molecule has 0 saturated heterocycles. The number of hydrogen-bond donors (Lipinski definition) is 2. The Morgan fingerprint density at radius 2 is 1.07 bits per heavy atom. The molecule has 0 radical (unpaired) electrons. The number of phosphoric ester groups is 1. The summed E-state index contributed by atoms with van der Waals surface area (Å²) >= 11 is 0. The van der Waals surface area contributed by atoms with E-state index in [0.717, 1.165) is 83.5 Å². The molecule has 0 aliphatic heterocycles. The predicted molar refractivity (Wildman–Crippen MR) is 247 cm³/mol. The van der Waals surface area contributed by atoms with Crippen LogP contribution in [0.3, 0.4) is 0 Å². The Bertz CT molecular complexity index is 1170. The molecule has 9 heteroatoms. The van der Waals surface area contributed by atoms with Crippen molar-refractivity contribution in [3.63, 3.8) is 0 Å². The standard InChI is InChI=1S/C49H89N2O6P/c1-6-8-10-12-14-16-18-20-22-23-24-25-26-27-29-30-32-34-36-38-40-42-48(52)47(46-57-58(54,55)56-45-44-51(3,4)5)50-49(53)43-41-39-37-35-33-31-28-21-19-17-15-13-11-9-7-2/h9,11,15,17,21,26-28,32,34,40,42,47-48,52H,6-8,10,12-14,16,18-20,22-25,29-31,33,35-39,41,43-46H2,1-5H3,(H-,50,53,54,55)/b11-9-,17-15-,27-26+,28-21-,34-32+,42-40+. The van der Waals surface area contributed by atoms with Crippen LogP contribution in [0.5, 0.6) is 0 Å². The van der Waals surface area contributed by atoms with Gasteiger partial charge < -0.3 is 28.8 Å². The first-order valence-corrected chi connectivity index (χ1v) is 24.8. The van der Waals surface area contributed by atoms with E-state index in [9.17, 15) is 19.4 Å². The third-order valence-corrected chi connectivity index (χ3v) is 10.8. The van der Waals surface area contributed by atoms with Gasteiger partial charge in [0.25, 0.3) is 7.82 Å². The summed E-state index contributed by atoms with van der Waals surface area (Å²) < 4.78 is 23.2. The molecule has 1 amide bonds. The van der Waals surface area contributed by atoms with E-state index in [2.05, 4.69) is 79.9 Å². The number of hydrogen-bond acceptors (Lipinski definition) is 6. The van der Waals surface area contributed by atoms with Gasteiger partial charge in [-0.05, 0) is 77.0 Å². The molecular formula is C49H89N2O6P. The number of nitrogens with zero attached hydrogens (tertiary/aromatic N) is 1. The first kappa shape index (κ1) is 55.9. The Kier molecular flexibility index (Phi) is 38.9. The summed E-state index contributed by atoms with van der Waals surface area (Å²) in [6, 6.07) is -0.921. The number of unbranched alkanes of at least 4 members (excludes halogenated alkanes) is 18. The van der Waals surface area contributed by atoms with Crippen molar-refractivity contribution in [2.75, 3.05) is 40.9 Å². The minimum atomic E-state index is -4.61. The van der Waals surface area contributed by atoms with Gasteiger partial charge in [-0.1, -0.05) is 170 Å². The van der Waals surface area contributed by atoms with Crippen LogP contribution in [0.25, 0.3) is 0 Å². The number of rotatable bonds is 41. The Hall–Kier alpha value is -2.06. The summed E-state index contributed by atoms with van der Waals surface area (Å²) in [5.74, 6) is -0.232. The second kappa shape index (κ2) is 40.4. The molecule has 0 aromatic carbocycles. The quantitative estimate of drug-likeness (QED) is 0.0275. The zero-order chi connectivity index (χ0) is 42.8. The molecule has 0 heterocycles. The van der Waals surface area contributed by atoms with Gasteiger partial charge in [-0.25, -0.2) is 0 Å². The molecule has 0 bridgehead atoms. The van der Waals surface area contributed by atoms with Gasteiger partial charge in [0.15, 0.2) is 0 Å². The number of allylic oxidation sites excluding steroid dienone is 11. The van der Waals surface area contributed by atoms with Gasteiger partial charge in [-0.2, -0.15) is 0 Å². The second-order valence-corrected chi connectivity index (χ2v) is 18.1. The first-order chi connectivity index (χ1) is 28.0. The number of quaternary nitrogens is 1. The number of phosphoric acid groups is 1. The minimum absolute atomic E-state index is 0.0160. The van der Waals surface area contributed by atoms with E-state index in [4.69, 9.17) is 9.05 Å². The highest BCUT2D eigenvalue weighted by molar-refractivity contribution is 7.45. The van der Waals surface area contributed by atoms with Crippen LogP contribution in [0, 0.1) is 0 Å². The monoisotopic (exact) mass is 833 g/mol. The van der Waals surface area contributed by atoms with Gasteiger partial charge in [0.1, 0.15) is 13.2 Å². The number of aliphatic hydroxyl groups is 1. The number of likely N-dealkylation sites (N-methyl/N-ethyl adjacent to an activating group) is 1. The van der Waals surface area contributed by atoms with Gasteiger partial charge in [-0.3, -0.25) is 9.36 Å². The van der Waals surface area contributed by atoms with Gasteiger partial charge in [0.05, 0.1) is 39.9 Å². The third-order valence-electron chi connectivity index (χ3n) is 9.88. The normalized spacial score (nSPS) is 14.9. The average Bonchev–Trinajstić information content (AvgIpc) is 3.17. The molecule has 0 aliphatic carbocycles. The van der Waals surface area contributed by atoms with Crippen LogP contribution in [0.1, 0.15) is 181 Å².